The predicted molar refractivity (Wildman–Crippen MR) is 144 cm³/mol. The minimum Gasteiger partial charge on any atom is -0.484 e. The summed E-state index contributed by atoms with van der Waals surface area (Å²) in [6.07, 6.45) is 8.32. The molecule has 5 rings (SSSR count). The van der Waals surface area contributed by atoms with E-state index in [1.807, 2.05) is 41.3 Å². The number of ether oxygens (including phenoxy) is 1. The molecule has 0 aliphatic carbocycles. The van der Waals surface area contributed by atoms with Crippen molar-refractivity contribution in [2.45, 2.75) is 38.3 Å². The molecule has 0 saturated carbocycles. The number of pyridine rings is 1. The lowest BCUT2D eigenvalue weighted by Gasteiger charge is -2.25. The minimum absolute atomic E-state index is 0.0935. The molecule has 37 heavy (non-hydrogen) atoms. The highest BCUT2D eigenvalue weighted by atomic mass is 35.5. The van der Waals surface area contributed by atoms with Crippen LogP contribution in [-0.2, 0) is 17.8 Å². The number of benzene rings is 2. The Balaban J connectivity index is 1.20. The van der Waals surface area contributed by atoms with E-state index in [-0.39, 0.29) is 17.9 Å². The smallest absolute Gasteiger partial charge is 0.253 e. The fraction of sp³-hybridized carbons (Fsp3) is 0.276. The highest BCUT2D eigenvalue weighted by Crippen LogP contribution is 2.39. The molecule has 2 aromatic carbocycles. The molecule has 1 atom stereocenters. The molecule has 0 spiro atoms. The van der Waals surface area contributed by atoms with Crippen molar-refractivity contribution in [1.29, 1.82) is 0 Å². The Morgan fingerprint density at radius 2 is 1.89 bits per heavy atom. The van der Waals surface area contributed by atoms with Crippen LogP contribution in [0.15, 0.2) is 66.9 Å². The van der Waals surface area contributed by atoms with Gasteiger partial charge < -0.3 is 20.7 Å². The van der Waals surface area contributed by atoms with Crippen molar-refractivity contribution in [2.24, 2.45) is 0 Å². The van der Waals surface area contributed by atoms with Crippen LogP contribution >= 0.6 is 11.6 Å². The van der Waals surface area contributed by atoms with Gasteiger partial charge in [0.1, 0.15) is 17.7 Å². The highest BCUT2D eigenvalue weighted by Gasteiger charge is 2.22. The van der Waals surface area contributed by atoms with Crippen LogP contribution in [0.5, 0.6) is 5.75 Å². The summed E-state index contributed by atoms with van der Waals surface area (Å²) in [5.41, 5.74) is 10.2. The molecule has 0 radical (unpaired) electrons. The van der Waals surface area contributed by atoms with Crippen LogP contribution in [0.25, 0.3) is 11.1 Å². The number of rotatable bonds is 6. The van der Waals surface area contributed by atoms with Crippen molar-refractivity contribution < 1.29 is 14.3 Å². The quantitative estimate of drug-likeness (QED) is 0.459. The Kier molecular flexibility index (Phi) is 7.42. The van der Waals surface area contributed by atoms with Gasteiger partial charge in [-0.15, -0.1) is 0 Å². The van der Waals surface area contributed by atoms with Gasteiger partial charge in [0.2, 0.25) is 5.91 Å². The van der Waals surface area contributed by atoms with E-state index < -0.39 is 0 Å². The van der Waals surface area contributed by atoms with Crippen molar-refractivity contribution in [3.05, 3.63) is 88.6 Å². The van der Waals surface area contributed by atoms with Gasteiger partial charge in [0.05, 0.1) is 5.02 Å². The molecule has 1 unspecified atom stereocenters. The molecule has 190 valence electrons. The number of aromatic nitrogens is 1. The Labute approximate surface area is 221 Å². The number of halogens is 1. The van der Waals surface area contributed by atoms with Gasteiger partial charge in [0.25, 0.3) is 5.91 Å². The second-order valence-electron chi connectivity index (χ2n) is 9.39. The molecule has 3 heterocycles. The Morgan fingerprint density at radius 1 is 1.11 bits per heavy atom. The summed E-state index contributed by atoms with van der Waals surface area (Å²) in [4.78, 5) is 30.8. The zero-order chi connectivity index (χ0) is 25.8. The number of carbonyl (C=O) groups excluding carboxylic acids is 2. The van der Waals surface area contributed by atoms with Crippen LogP contribution in [0.4, 0.5) is 5.82 Å². The summed E-state index contributed by atoms with van der Waals surface area (Å²) in [7, 11) is 0. The van der Waals surface area contributed by atoms with Crippen LogP contribution in [-0.4, -0.2) is 40.9 Å². The first-order chi connectivity index (χ1) is 18.0. The van der Waals surface area contributed by atoms with Gasteiger partial charge in [-0.2, -0.15) is 0 Å². The number of hydrogen-bond acceptors (Lipinski definition) is 5. The maximum Gasteiger partial charge on any atom is 0.253 e. The molecule has 1 fully saturated rings. The standard InChI is InChI=1S/C29H29ClN4O3/c30-25-16-23(20-4-6-21(7-5-20)29(36)34-13-1-2-14-34)15-22-8-9-24(37-28(22)25)10-12-27(35)33-18-19-3-11-26(31)32-17-19/h3-7,10-12,15-17,24H,1-2,8-9,13-14,18H2,(H2,31,32)(H,33,35)/b12-10+. The molecule has 7 nitrogen and oxygen atoms in total. The van der Waals surface area contributed by atoms with Crippen molar-refractivity contribution in [1.82, 2.24) is 15.2 Å². The second kappa shape index (κ2) is 11.0. The lowest BCUT2D eigenvalue weighted by atomic mass is 9.96. The van der Waals surface area contributed by atoms with Gasteiger partial charge in [0.15, 0.2) is 0 Å². The largest absolute Gasteiger partial charge is 0.484 e. The molecule has 3 N–H and O–H groups in total. The van der Waals surface area contributed by atoms with Crippen molar-refractivity contribution >= 4 is 29.2 Å². The van der Waals surface area contributed by atoms with Crippen molar-refractivity contribution in [2.75, 3.05) is 18.8 Å². The van der Waals surface area contributed by atoms with Crippen molar-refractivity contribution in [3.8, 4) is 16.9 Å². The first-order valence-corrected chi connectivity index (χ1v) is 12.9. The molecule has 2 aliphatic heterocycles. The number of aryl methyl sites for hydroxylation is 1. The van der Waals surface area contributed by atoms with Crippen molar-refractivity contribution in [3.63, 3.8) is 0 Å². The van der Waals surface area contributed by atoms with Crippen LogP contribution in [0.3, 0.4) is 0 Å². The van der Waals surface area contributed by atoms with Gasteiger partial charge >= 0.3 is 0 Å². The Morgan fingerprint density at radius 3 is 2.62 bits per heavy atom. The molecule has 1 saturated heterocycles. The fourth-order valence-electron chi connectivity index (χ4n) is 4.67. The zero-order valence-corrected chi connectivity index (χ0v) is 21.2. The lowest BCUT2D eigenvalue weighted by Crippen LogP contribution is -2.27. The highest BCUT2D eigenvalue weighted by molar-refractivity contribution is 6.32. The number of amides is 2. The van der Waals surface area contributed by atoms with Crippen LogP contribution < -0.4 is 15.8 Å². The monoisotopic (exact) mass is 516 g/mol. The second-order valence-corrected chi connectivity index (χ2v) is 9.79. The van der Waals surface area contributed by atoms with E-state index in [9.17, 15) is 9.59 Å². The summed E-state index contributed by atoms with van der Waals surface area (Å²) in [6.45, 7) is 2.04. The normalized spacial score (nSPS) is 16.9. The molecule has 0 bridgehead atoms. The molecular formula is C29H29ClN4O3. The number of fused-ring (bicyclic) bond motifs is 1. The fourth-order valence-corrected chi connectivity index (χ4v) is 4.95. The molecular weight excluding hydrogens is 488 g/mol. The van der Waals surface area contributed by atoms with E-state index in [1.54, 1.807) is 18.3 Å². The number of nitrogens with two attached hydrogens (primary N) is 1. The molecule has 1 aromatic heterocycles. The number of likely N-dealkylation sites (tertiary alicyclic amines) is 1. The SMILES string of the molecule is Nc1ccc(CNC(=O)/C=C/C2CCc3cc(-c4ccc(C(=O)N5CCCC5)cc4)cc(Cl)c3O2)cn1. The first-order valence-electron chi connectivity index (χ1n) is 12.5. The number of nitrogens with one attached hydrogen (secondary N) is 1. The summed E-state index contributed by atoms with van der Waals surface area (Å²) >= 11 is 6.62. The average molecular weight is 517 g/mol. The third-order valence-electron chi connectivity index (χ3n) is 6.72. The Bertz CT molecular complexity index is 1320. The third-order valence-corrected chi connectivity index (χ3v) is 7.00. The van der Waals surface area contributed by atoms with Crippen LogP contribution in [0.1, 0.15) is 40.7 Å². The van der Waals surface area contributed by atoms with E-state index in [0.717, 1.165) is 61.0 Å². The van der Waals surface area contributed by atoms with Gasteiger partial charge in [-0.25, -0.2) is 4.98 Å². The zero-order valence-electron chi connectivity index (χ0n) is 20.5. The number of nitrogen functional groups attached to an aromatic ring is 1. The first kappa shape index (κ1) is 24.8. The van der Waals surface area contributed by atoms with E-state index in [4.69, 9.17) is 22.1 Å². The van der Waals surface area contributed by atoms with Gasteiger partial charge in [-0.3, -0.25) is 9.59 Å². The van der Waals surface area contributed by atoms with E-state index >= 15 is 0 Å². The minimum atomic E-state index is -0.240. The van der Waals surface area contributed by atoms with E-state index in [1.165, 1.54) is 6.08 Å². The summed E-state index contributed by atoms with van der Waals surface area (Å²) in [6, 6.07) is 15.2. The maximum absolute atomic E-state index is 12.6. The summed E-state index contributed by atoms with van der Waals surface area (Å²) in [5.74, 6) is 0.980. The number of nitrogens with zero attached hydrogens (tertiary/aromatic N) is 2. The van der Waals surface area contributed by atoms with E-state index in [0.29, 0.717) is 28.7 Å². The molecule has 8 heteroatoms. The lowest BCUT2D eigenvalue weighted by molar-refractivity contribution is -0.116. The summed E-state index contributed by atoms with van der Waals surface area (Å²) in [5, 5.41) is 3.36. The Hall–Kier alpha value is -3.84. The van der Waals surface area contributed by atoms with Gasteiger partial charge in [0, 0.05) is 37.5 Å². The topological polar surface area (TPSA) is 97.5 Å². The number of hydrogen-bond donors (Lipinski definition) is 2. The molecule has 3 aromatic rings. The average Bonchev–Trinajstić information content (AvgIpc) is 3.46. The third kappa shape index (κ3) is 5.94. The van der Waals surface area contributed by atoms with Crippen LogP contribution in [0.2, 0.25) is 5.02 Å². The van der Waals surface area contributed by atoms with E-state index in [2.05, 4.69) is 16.4 Å². The molecule has 2 amide bonds. The number of anilines is 1. The maximum atomic E-state index is 12.6. The number of carbonyl (C=O) groups is 2. The van der Waals surface area contributed by atoms with Gasteiger partial charge in [-0.05, 0) is 84.3 Å². The van der Waals surface area contributed by atoms with Crippen LogP contribution in [0, 0.1) is 0 Å². The summed E-state index contributed by atoms with van der Waals surface area (Å²) < 4.78 is 6.11. The predicted octanol–water partition coefficient (Wildman–Crippen LogP) is 4.79. The molecule has 2 aliphatic rings. The van der Waals surface area contributed by atoms with Gasteiger partial charge in [-0.1, -0.05) is 29.8 Å².